The number of halogens is 1. The van der Waals surface area contributed by atoms with Gasteiger partial charge in [-0.3, -0.25) is 9.59 Å². The zero-order valence-corrected chi connectivity index (χ0v) is 18.9. The average molecular weight is 480 g/mol. The number of ether oxygens (including phenoxy) is 2. The van der Waals surface area contributed by atoms with Crippen molar-refractivity contribution in [2.75, 3.05) is 18.1 Å². The number of carbonyl (C=O) groups is 2. The Morgan fingerprint density at radius 3 is 2.60 bits per heavy atom. The maximum Gasteiger partial charge on any atom is 0.240 e. The van der Waals surface area contributed by atoms with Crippen molar-refractivity contribution in [2.45, 2.75) is 43.4 Å². The zero-order valence-electron chi connectivity index (χ0n) is 18.9. The lowest BCUT2D eigenvalue weighted by atomic mass is 9.65. The predicted molar refractivity (Wildman–Crippen MR) is 120 cm³/mol. The van der Waals surface area contributed by atoms with Gasteiger partial charge in [-0.25, -0.2) is 9.29 Å². The van der Waals surface area contributed by atoms with Crippen LogP contribution in [0.3, 0.4) is 0 Å². The first kappa shape index (κ1) is 23.6. The van der Waals surface area contributed by atoms with Gasteiger partial charge < -0.3 is 19.7 Å². The number of fused-ring (bicyclic) bond motifs is 5. The Bertz CT molecular complexity index is 1200. The number of hydrogen-bond donors (Lipinski definition) is 2. The fourth-order valence-electron chi connectivity index (χ4n) is 5.95. The number of aliphatic hydroxyl groups is 2. The number of anilines is 1. The molecule has 3 fully saturated rings. The van der Waals surface area contributed by atoms with E-state index in [1.54, 1.807) is 0 Å². The van der Waals surface area contributed by atoms with E-state index in [2.05, 4.69) is 0 Å². The lowest BCUT2D eigenvalue weighted by molar-refractivity contribution is -0.152. The molecule has 5 rings (SSSR count). The van der Waals surface area contributed by atoms with Crippen LogP contribution in [0, 0.1) is 23.2 Å². The van der Waals surface area contributed by atoms with Gasteiger partial charge in [-0.05, 0) is 23.8 Å². The SMILES string of the molecule is N#Cc1ccc(N2C(=O)[C@@H]3[C@H](C2=O)[C@]2(COCc4ccccc4)O[C@@]3(CCO)C[C@H]2O)cc1CF. The number of amides is 2. The summed E-state index contributed by atoms with van der Waals surface area (Å²) in [6.07, 6.45) is -0.925. The first-order valence-electron chi connectivity index (χ1n) is 11.5. The molecule has 5 atom stereocenters. The van der Waals surface area contributed by atoms with E-state index in [4.69, 9.17) is 9.47 Å². The lowest BCUT2D eigenvalue weighted by Crippen LogP contribution is -2.54. The molecular weight excluding hydrogens is 455 g/mol. The molecule has 8 nitrogen and oxygen atoms in total. The van der Waals surface area contributed by atoms with Gasteiger partial charge in [0.1, 0.15) is 12.3 Å². The summed E-state index contributed by atoms with van der Waals surface area (Å²) in [5, 5.41) is 30.0. The molecule has 0 aromatic heterocycles. The quantitative estimate of drug-likeness (QED) is 0.555. The number of imide groups is 1. The van der Waals surface area contributed by atoms with Crippen molar-refractivity contribution in [3.8, 4) is 6.07 Å². The molecule has 3 aliphatic rings. The first-order valence-corrected chi connectivity index (χ1v) is 11.5. The van der Waals surface area contributed by atoms with Crippen LogP contribution in [0.15, 0.2) is 48.5 Å². The molecule has 2 aromatic rings. The van der Waals surface area contributed by atoms with E-state index in [0.717, 1.165) is 10.5 Å². The second kappa shape index (κ2) is 8.81. The second-order valence-corrected chi connectivity index (χ2v) is 9.35. The van der Waals surface area contributed by atoms with Crippen molar-refractivity contribution in [1.29, 1.82) is 5.26 Å². The molecule has 9 heteroatoms. The van der Waals surface area contributed by atoms with Gasteiger partial charge >= 0.3 is 0 Å². The number of aliphatic hydroxyl groups excluding tert-OH is 2. The topological polar surface area (TPSA) is 120 Å². The highest BCUT2D eigenvalue weighted by molar-refractivity contribution is 6.23. The summed E-state index contributed by atoms with van der Waals surface area (Å²) in [6, 6.07) is 15.4. The van der Waals surface area contributed by atoms with E-state index in [9.17, 15) is 29.5 Å². The summed E-state index contributed by atoms with van der Waals surface area (Å²) in [5.74, 6) is -3.04. The van der Waals surface area contributed by atoms with Gasteiger partial charge in [0.2, 0.25) is 11.8 Å². The molecule has 0 unspecified atom stereocenters. The van der Waals surface area contributed by atoms with Crippen LogP contribution in [0.5, 0.6) is 0 Å². The van der Waals surface area contributed by atoms with E-state index in [-0.39, 0.29) is 49.5 Å². The van der Waals surface area contributed by atoms with Gasteiger partial charge in [0, 0.05) is 25.0 Å². The number of alkyl halides is 1. The summed E-state index contributed by atoms with van der Waals surface area (Å²) in [4.78, 5) is 28.3. The van der Waals surface area contributed by atoms with E-state index >= 15 is 0 Å². The Hall–Kier alpha value is -3.16. The summed E-state index contributed by atoms with van der Waals surface area (Å²) in [6.45, 7) is -1.10. The van der Waals surface area contributed by atoms with E-state index in [1.807, 2.05) is 36.4 Å². The van der Waals surface area contributed by atoms with Gasteiger partial charge in [0.15, 0.2) is 0 Å². The number of hydrogen-bond acceptors (Lipinski definition) is 7. The molecule has 0 saturated carbocycles. The second-order valence-electron chi connectivity index (χ2n) is 9.35. The highest BCUT2D eigenvalue weighted by Crippen LogP contribution is 2.62. The van der Waals surface area contributed by atoms with Crippen LogP contribution in [0.4, 0.5) is 10.1 Å². The Labute approximate surface area is 201 Å². The smallest absolute Gasteiger partial charge is 0.240 e. The molecule has 3 heterocycles. The van der Waals surface area contributed by atoms with Gasteiger partial charge in [-0.15, -0.1) is 0 Å². The van der Waals surface area contributed by atoms with Crippen LogP contribution < -0.4 is 4.90 Å². The van der Waals surface area contributed by atoms with Gasteiger partial charge in [-0.1, -0.05) is 30.3 Å². The third kappa shape index (κ3) is 3.48. The highest BCUT2D eigenvalue weighted by Gasteiger charge is 2.78. The maximum absolute atomic E-state index is 13.7. The highest BCUT2D eigenvalue weighted by atomic mass is 19.1. The molecule has 0 aliphatic carbocycles. The zero-order chi connectivity index (χ0) is 24.8. The van der Waals surface area contributed by atoms with Gasteiger partial charge in [0.05, 0.1) is 54.1 Å². The lowest BCUT2D eigenvalue weighted by Gasteiger charge is -2.35. The van der Waals surface area contributed by atoms with Crippen LogP contribution in [0.1, 0.15) is 29.5 Å². The summed E-state index contributed by atoms with van der Waals surface area (Å²) in [7, 11) is 0. The minimum Gasteiger partial charge on any atom is -0.396 e. The van der Waals surface area contributed by atoms with Crippen LogP contribution >= 0.6 is 0 Å². The van der Waals surface area contributed by atoms with Crippen LogP contribution in [0.25, 0.3) is 0 Å². The van der Waals surface area contributed by atoms with Gasteiger partial charge in [0.25, 0.3) is 0 Å². The molecule has 35 heavy (non-hydrogen) atoms. The van der Waals surface area contributed by atoms with E-state index in [1.165, 1.54) is 18.2 Å². The molecule has 0 spiro atoms. The van der Waals surface area contributed by atoms with E-state index in [0.29, 0.717) is 0 Å². The van der Waals surface area contributed by atoms with E-state index < -0.39 is 47.6 Å². The standard InChI is InChI=1S/C26H25FN2O6/c27-12-18-10-19(7-6-17(18)13-28)29-23(32)21-22(24(29)33)26(15-34-14-16-4-2-1-3-5-16)20(31)11-25(21,35-26)8-9-30/h1-7,10,20-22,30-31H,8-9,11-12,14-15H2/t20-,21+,22-,25+,26-/m1/s1. The first-order chi connectivity index (χ1) is 16.9. The number of nitriles is 1. The molecular formula is C26H25FN2O6. The summed E-state index contributed by atoms with van der Waals surface area (Å²) in [5.41, 5.74) is -1.41. The minimum absolute atomic E-state index is 0.0711. The Kier molecular flexibility index (Phi) is 5.93. The summed E-state index contributed by atoms with van der Waals surface area (Å²) >= 11 is 0. The molecule has 0 radical (unpaired) electrons. The molecule has 3 saturated heterocycles. The van der Waals surface area contributed by atoms with Crippen molar-refractivity contribution in [3.63, 3.8) is 0 Å². The Morgan fingerprint density at radius 2 is 1.91 bits per heavy atom. The Morgan fingerprint density at radius 1 is 1.17 bits per heavy atom. The summed E-state index contributed by atoms with van der Waals surface area (Å²) < 4.78 is 25.7. The van der Waals surface area contributed by atoms with Crippen LogP contribution in [0.2, 0.25) is 0 Å². The Balaban J connectivity index is 1.50. The van der Waals surface area contributed by atoms with Crippen molar-refractivity contribution < 1.29 is 33.7 Å². The number of carbonyl (C=O) groups excluding carboxylic acids is 2. The third-order valence-electron chi connectivity index (χ3n) is 7.48. The van der Waals surface area contributed by atoms with Crippen molar-refractivity contribution in [1.82, 2.24) is 0 Å². The largest absolute Gasteiger partial charge is 0.396 e. The normalized spacial score (nSPS) is 31.1. The molecule has 2 N–H and O–H groups in total. The number of rotatable bonds is 8. The van der Waals surface area contributed by atoms with Crippen molar-refractivity contribution in [3.05, 3.63) is 65.2 Å². The van der Waals surface area contributed by atoms with Crippen LogP contribution in [-0.2, 0) is 32.3 Å². The van der Waals surface area contributed by atoms with Crippen molar-refractivity contribution in [2.24, 2.45) is 11.8 Å². The fraction of sp³-hybridized carbons (Fsp3) is 0.423. The molecule has 2 bridgehead atoms. The number of nitrogens with zero attached hydrogens (tertiary/aromatic N) is 2. The van der Waals surface area contributed by atoms with Crippen molar-refractivity contribution >= 4 is 17.5 Å². The molecule has 2 amide bonds. The molecule has 3 aliphatic heterocycles. The van der Waals surface area contributed by atoms with Crippen LogP contribution in [-0.4, -0.2) is 52.5 Å². The minimum atomic E-state index is -1.45. The fourth-order valence-corrected chi connectivity index (χ4v) is 5.95. The third-order valence-corrected chi connectivity index (χ3v) is 7.48. The number of benzene rings is 2. The maximum atomic E-state index is 13.7. The predicted octanol–water partition coefficient (Wildman–Crippen LogP) is 2.00. The molecule has 2 aromatic carbocycles. The molecule has 182 valence electrons. The average Bonchev–Trinajstić information content (AvgIpc) is 3.42. The monoisotopic (exact) mass is 480 g/mol. The van der Waals surface area contributed by atoms with Gasteiger partial charge in [-0.2, -0.15) is 5.26 Å².